The maximum atomic E-state index is 10.2. The molecule has 0 amide bonds. The molecule has 0 aromatic heterocycles. The predicted molar refractivity (Wildman–Crippen MR) is 36.5 cm³/mol. The lowest BCUT2D eigenvalue weighted by Crippen LogP contribution is -1.89. The molecule has 0 saturated heterocycles. The largest absolute Gasteiger partial charge is 0.444 e. The number of halogens is 1. The van der Waals surface area contributed by atoms with Gasteiger partial charge in [-0.1, -0.05) is 5.75 Å². The molecule has 3 nitrogen and oxygen atoms in total. The third kappa shape index (κ3) is 4.49. The van der Waals surface area contributed by atoms with Crippen LogP contribution in [-0.4, -0.2) is 17.5 Å². The molecule has 0 heterocycles. The molecule has 5 heteroatoms. The van der Waals surface area contributed by atoms with Gasteiger partial charge in [-0.3, -0.25) is 0 Å². The summed E-state index contributed by atoms with van der Waals surface area (Å²) in [5.74, 6) is 0.253. The van der Waals surface area contributed by atoms with Gasteiger partial charge in [-0.15, -0.1) is 0 Å². The average Bonchev–Trinajstić information content (AvgIpc) is 1.68. The topological polar surface area (TPSA) is 49.7 Å². The fraction of sp³-hybridized carbons (Fsp3) is 1.00. The Kier molecular flexibility index (Phi) is 5.23. The van der Waals surface area contributed by atoms with E-state index < -0.39 is 10.6 Å². The van der Waals surface area contributed by atoms with Crippen LogP contribution in [0.2, 0.25) is 0 Å². The van der Waals surface area contributed by atoms with Crippen molar-refractivity contribution in [2.45, 2.75) is 0 Å². The van der Waals surface area contributed by atoms with Crippen LogP contribution in [-0.2, 0) is 14.8 Å². The highest BCUT2D eigenvalue weighted by molar-refractivity contribution is 14.1. The van der Waals surface area contributed by atoms with E-state index in [4.69, 9.17) is 5.11 Å². The smallest absolute Gasteiger partial charge is 0.0542 e. The number of hydrogen-bond donors (Lipinski definition) is 1. The van der Waals surface area contributed by atoms with Crippen LogP contribution >= 0.6 is 22.9 Å². The SMILES string of the molecule is O=[S-](CCO)=NI. The van der Waals surface area contributed by atoms with Gasteiger partial charge in [0.05, 0.1) is 22.9 Å². The van der Waals surface area contributed by atoms with E-state index in [1.165, 1.54) is 0 Å². The normalized spacial score (nSPS) is 14.6. The second kappa shape index (κ2) is 4.79. The first-order chi connectivity index (χ1) is 3.31. The molecule has 0 rings (SSSR count). The van der Waals surface area contributed by atoms with Crippen molar-refractivity contribution >= 4 is 33.5 Å². The summed E-state index contributed by atoms with van der Waals surface area (Å²) >= 11 is 1.65. The minimum atomic E-state index is -1.17. The monoisotopic (exact) mass is 234 g/mol. The van der Waals surface area contributed by atoms with Crippen LogP contribution in [0.1, 0.15) is 0 Å². The Balaban J connectivity index is 3.39. The summed E-state index contributed by atoms with van der Waals surface area (Å²) in [6.07, 6.45) is 0. The lowest BCUT2D eigenvalue weighted by Gasteiger charge is -1.91. The van der Waals surface area contributed by atoms with Gasteiger partial charge in [0.15, 0.2) is 0 Å². The van der Waals surface area contributed by atoms with E-state index in [-0.39, 0.29) is 12.4 Å². The van der Waals surface area contributed by atoms with Crippen molar-refractivity contribution in [3.05, 3.63) is 0 Å². The molecule has 0 aliphatic carbocycles. The van der Waals surface area contributed by atoms with E-state index in [0.29, 0.717) is 0 Å². The summed E-state index contributed by atoms with van der Waals surface area (Å²) in [7, 11) is -1.17. The van der Waals surface area contributed by atoms with Crippen molar-refractivity contribution in [2.75, 3.05) is 12.4 Å². The summed E-state index contributed by atoms with van der Waals surface area (Å²) in [4.78, 5) is 0. The molecule has 0 unspecified atom stereocenters. The highest BCUT2D eigenvalue weighted by atomic mass is 127. The summed E-state index contributed by atoms with van der Waals surface area (Å²) in [6, 6.07) is 0. The fourth-order valence-electron chi connectivity index (χ4n) is 0.113. The third-order valence-corrected chi connectivity index (χ3v) is 2.35. The van der Waals surface area contributed by atoms with Crippen LogP contribution in [0.5, 0.6) is 0 Å². The first kappa shape index (κ1) is 7.64. The second-order valence-corrected chi connectivity index (χ2v) is 3.19. The Morgan fingerprint density at radius 3 is 2.57 bits per heavy atom. The molecule has 0 aromatic carbocycles. The van der Waals surface area contributed by atoms with Crippen LogP contribution in [0.15, 0.2) is 2.58 Å². The van der Waals surface area contributed by atoms with Crippen LogP contribution in [0.4, 0.5) is 0 Å². The van der Waals surface area contributed by atoms with Gasteiger partial charge in [0, 0.05) is 6.61 Å². The molecule has 0 saturated carbocycles. The zero-order chi connectivity index (χ0) is 5.70. The lowest BCUT2D eigenvalue weighted by molar-refractivity contribution is 0.321. The number of aliphatic hydroxyl groups excluding tert-OH is 1. The molecule has 0 atom stereocenters. The van der Waals surface area contributed by atoms with E-state index in [0.717, 1.165) is 0 Å². The van der Waals surface area contributed by atoms with Crippen LogP contribution in [0, 0.1) is 0 Å². The molecular weight excluding hydrogens is 229 g/mol. The summed E-state index contributed by atoms with van der Waals surface area (Å²) in [5, 5.41) is 8.11. The molecule has 0 aromatic rings. The second-order valence-electron chi connectivity index (χ2n) is 0.818. The Hall–Kier alpha value is 0.640. The Labute approximate surface area is 57.8 Å². The Bertz CT molecular complexity index is 108. The Morgan fingerprint density at radius 2 is 2.43 bits per heavy atom. The number of hydrogen-bond acceptors (Lipinski definition) is 4. The van der Waals surface area contributed by atoms with Gasteiger partial charge in [-0.25, -0.2) is 0 Å². The van der Waals surface area contributed by atoms with Gasteiger partial charge in [0.1, 0.15) is 0 Å². The van der Waals surface area contributed by atoms with Crippen molar-refractivity contribution in [3.8, 4) is 0 Å². The average molecular weight is 234 g/mol. The molecule has 0 bridgehead atoms. The molecular formula is C2H5INO2S-. The van der Waals surface area contributed by atoms with Crippen molar-refractivity contribution in [3.63, 3.8) is 0 Å². The molecule has 44 valence electrons. The predicted octanol–water partition coefficient (Wildman–Crippen LogP) is 0.476. The number of nitrogens with zero attached hydrogens (tertiary/aromatic N) is 1. The highest BCUT2D eigenvalue weighted by Gasteiger charge is 1.65. The number of rotatable bonds is 2. The molecule has 0 spiro atoms. The Morgan fingerprint density at radius 1 is 1.86 bits per heavy atom. The standard InChI is InChI=1S/C2H5INO2S/c3-4-7(6)2-1-5/h5H,1-2H2/q-1. The van der Waals surface area contributed by atoms with Crippen LogP contribution in [0.25, 0.3) is 0 Å². The van der Waals surface area contributed by atoms with E-state index in [1.54, 1.807) is 22.9 Å². The van der Waals surface area contributed by atoms with Crippen LogP contribution < -0.4 is 0 Å². The van der Waals surface area contributed by atoms with Gasteiger partial charge in [0.25, 0.3) is 0 Å². The first-order valence-electron chi connectivity index (χ1n) is 1.62. The molecule has 7 heavy (non-hydrogen) atoms. The fourth-order valence-corrected chi connectivity index (χ4v) is 0.929. The quantitative estimate of drug-likeness (QED) is 0.557. The summed E-state index contributed by atoms with van der Waals surface area (Å²) in [6.45, 7) is -0.0564. The van der Waals surface area contributed by atoms with Gasteiger partial charge >= 0.3 is 0 Å². The molecule has 0 radical (unpaired) electrons. The molecule has 0 fully saturated rings. The van der Waals surface area contributed by atoms with Gasteiger partial charge in [0.2, 0.25) is 0 Å². The number of aliphatic hydroxyl groups is 1. The van der Waals surface area contributed by atoms with Crippen molar-refractivity contribution in [2.24, 2.45) is 2.58 Å². The maximum Gasteiger partial charge on any atom is 0.0542 e. The van der Waals surface area contributed by atoms with Gasteiger partial charge < -0.3 is 11.9 Å². The van der Waals surface area contributed by atoms with Crippen LogP contribution in [0.3, 0.4) is 0 Å². The minimum absolute atomic E-state index is 0.0564. The maximum absolute atomic E-state index is 10.2. The van der Waals surface area contributed by atoms with E-state index in [2.05, 4.69) is 2.58 Å². The lowest BCUT2D eigenvalue weighted by atomic mass is 10.9. The van der Waals surface area contributed by atoms with Gasteiger partial charge in [-0.2, -0.15) is 10.6 Å². The first-order valence-corrected chi connectivity index (χ1v) is 3.86. The summed E-state index contributed by atoms with van der Waals surface area (Å²) in [5.41, 5.74) is 0. The van der Waals surface area contributed by atoms with Crippen molar-refractivity contribution in [1.29, 1.82) is 0 Å². The van der Waals surface area contributed by atoms with Crippen molar-refractivity contribution in [1.82, 2.24) is 0 Å². The zero-order valence-corrected chi connectivity index (χ0v) is 6.48. The van der Waals surface area contributed by atoms with E-state index in [1.807, 2.05) is 0 Å². The third-order valence-electron chi connectivity index (χ3n) is 0.343. The molecule has 0 aliphatic heterocycles. The zero-order valence-electron chi connectivity index (χ0n) is 3.50. The molecule has 0 aliphatic rings. The highest BCUT2D eigenvalue weighted by Crippen LogP contribution is 1.83. The van der Waals surface area contributed by atoms with E-state index >= 15 is 0 Å². The minimum Gasteiger partial charge on any atom is -0.444 e. The van der Waals surface area contributed by atoms with E-state index in [9.17, 15) is 4.21 Å². The van der Waals surface area contributed by atoms with Gasteiger partial charge in [-0.05, 0) is 0 Å². The van der Waals surface area contributed by atoms with Crippen molar-refractivity contribution < 1.29 is 9.32 Å². The molecule has 1 N–H and O–H groups in total. The summed E-state index contributed by atoms with van der Waals surface area (Å²) < 4.78 is 13.5.